The summed E-state index contributed by atoms with van der Waals surface area (Å²) >= 11 is 5.60. The van der Waals surface area contributed by atoms with Gasteiger partial charge in [-0.05, 0) is 12.1 Å². The number of rotatable bonds is 1. The maximum atomic E-state index is 12.5. The van der Waals surface area contributed by atoms with Gasteiger partial charge in [-0.15, -0.1) is 0 Å². The first-order valence-corrected chi connectivity index (χ1v) is 4.19. The summed E-state index contributed by atoms with van der Waals surface area (Å²) in [6, 6.07) is 3.28. The molecule has 0 spiro atoms. The summed E-state index contributed by atoms with van der Waals surface area (Å²) in [6.45, 7) is -0.497. The first-order valence-electron chi connectivity index (χ1n) is 3.81. The van der Waals surface area contributed by atoms with E-state index in [2.05, 4.69) is 4.98 Å². The number of anilines is 1. The number of hydrogen-bond acceptors (Lipinski definition) is 2. The first-order chi connectivity index (χ1) is 6.07. The van der Waals surface area contributed by atoms with Gasteiger partial charge in [0, 0.05) is 6.20 Å². The average Bonchev–Trinajstić information content (AvgIpc) is 2.01. The third-order valence-electron chi connectivity index (χ3n) is 1.88. The number of nitrogens with zero attached hydrogens (tertiary/aromatic N) is 2. The second-order valence-corrected chi connectivity index (χ2v) is 3.48. The Labute approximate surface area is 79.1 Å². The quantitative estimate of drug-likeness (QED) is 0.697. The van der Waals surface area contributed by atoms with Gasteiger partial charge in [-0.1, -0.05) is 11.6 Å². The Bertz CT molecular complexity index is 304. The minimum atomic E-state index is -2.55. The van der Waals surface area contributed by atoms with E-state index in [4.69, 9.17) is 11.6 Å². The molecule has 0 unspecified atom stereocenters. The number of pyridine rings is 1. The van der Waals surface area contributed by atoms with Crippen molar-refractivity contribution in [1.82, 2.24) is 4.98 Å². The van der Waals surface area contributed by atoms with Crippen LogP contribution in [0.25, 0.3) is 0 Å². The highest BCUT2D eigenvalue weighted by molar-refractivity contribution is 6.30. The molecule has 1 aliphatic rings. The lowest BCUT2D eigenvalue weighted by atomic mass is 10.1. The number of hydrogen-bond donors (Lipinski definition) is 0. The maximum Gasteiger partial charge on any atom is 0.282 e. The van der Waals surface area contributed by atoms with Crippen molar-refractivity contribution in [3.05, 3.63) is 23.4 Å². The Balaban J connectivity index is 2.08. The zero-order valence-electron chi connectivity index (χ0n) is 6.67. The van der Waals surface area contributed by atoms with Gasteiger partial charge in [-0.3, -0.25) is 0 Å². The number of aromatic nitrogens is 1. The van der Waals surface area contributed by atoms with Crippen molar-refractivity contribution in [2.75, 3.05) is 18.0 Å². The van der Waals surface area contributed by atoms with E-state index >= 15 is 0 Å². The van der Waals surface area contributed by atoms with Gasteiger partial charge in [0.15, 0.2) is 0 Å². The van der Waals surface area contributed by atoms with E-state index < -0.39 is 5.92 Å². The van der Waals surface area contributed by atoms with Crippen LogP contribution in [-0.4, -0.2) is 24.0 Å². The van der Waals surface area contributed by atoms with Crippen LogP contribution >= 0.6 is 11.6 Å². The second-order valence-electron chi connectivity index (χ2n) is 3.05. The molecule has 2 nitrogen and oxygen atoms in total. The standard InChI is InChI=1S/C8H7ClF2N2/c9-6-1-2-7(12-3-6)13-4-8(10,11)5-13/h1-3H,4-5H2. The summed E-state index contributed by atoms with van der Waals surface area (Å²) in [7, 11) is 0. The highest BCUT2D eigenvalue weighted by Gasteiger charge is 2.44. The predicted octanol–water partition coefficient (Wildman–Crippen LogP) is 2.19. The normalized spacial score (nSPS) is 19.8. The van der Waals surface area contributed by atoms with Crippen molar-refractivity contribution < 1.29 is 8.78 Å². The Morgan fingerprint density at radius 1 is 1.38 bits per heavy atom. The monoisotopic (exact) mass is 204 g/mol. The fraction of sp³-hybridized carbons (Fsp3) is 0.375. The van der Waals surface area contributed by atoms with E-state index in [1.54, 1.807) is 12.1 Å². The van der Waals surface area contributed by atoms with E-state index in [0.29, 0.717) is 10.8 Å². The lowest BCUT2D eigenvalue weighted by Gasteiger charge is -2.39. The van der Waals surface area contributed by atoms with Gasteiger partial charge in [-0.25, -0.2) is 13.8 Å². The minimum Gasteiger partial charge on any atom is -0.344 e. The largest absolute Gasteiger partial charge is 0.344 e. The molecule has 0 radical (unpaired) electrons. The van der Waals surface area contributed by atoms with E-state index in [9.17, 15) is 8.78 Å². The summed E-state index contributed by atoms with van der Waals surface area (Å²) in [5, 5.41) is 0.510. The third-order valence-corrected chi connectivity index (χ3v) is 2.10. The number of alkyl halides is 2. The molecule has 0 N–H and O–H groups in total. The van der Waals surface area contributed by atoms with Crippen LogP contribution in [0.5, 0.6) is 0 Å². The molecule has 5 heteroatoms. The molecule has 1 fully saturated rings. The Morgan fingerprint density at radius 2 is 2.08 bits per heavy atom. The van der Waals surface area contributed by atoms with Crippen molar-refractivity contribution in [3.8, 4) is 0 Å². The highest BCUT2D eigenvalue weighted by Crippen LogP contribution is 2.30. The van der Waals surface area contributed by atoms with E-state index in [-0.39, 0.29) is 13.1 Å². The van der Waals surface area contributed by atoms with Crippen LogP contribution < -0.4 is 4.90 Å². The maximum absolute atomic E-state index is 12.5. The summed E-state index contributed by atoms with van der Waals surface area (Å²) in [5.74, 6) is -2.00. The SMILES string of the molecule is FC1(F)CN(c2ccc(Cl)cn2)C1. The lowest BCUT2D eigenvalue weighted by Crippen LogP contribution is -2.56. The molecule has 1 aromatic heterocycles. The van der Waals surface area contributed by atoms with Crippen molar-refractivity contribution >= 4 is 17.4 Å². The zero-order valence-corrected chi connectivity index (χ0v) is 7.43. The molecular weight excluding hydrogens is 198 g/mol. The van der Waals surface area contributed by atoms with E-state index in [0.717, 1.165) is 0 Å². The Hall–Kier alpha value is -0.900. The summed E-state index contributed by atoms with van der Waals surface area (Å²) < 4.78 is 24.9. The van der Waals surface area contributed by atoms with Crippen LogP contribution in [0.4, 0.5) is 14.6 Å². The van der Waals surface area contributed by atoms with Crippen LogP contribution in [0.1, 0.15) is 0 Å². The minimum absolute atomic E-state index is 0.248. The van der Waals surface area contributed by atoms with E-state index in [1.807, 2.05) is 0 Å². The molecule has 2 rings (SSSR count). The van der Waals surface area contributed by atoms with Crippen molar-refractivity contribution in [1.29, 1.82) is 0 Å². The summed E-state index contributed by atoms with van der Waals surface area (Å²) in [5.41, 5.74) is 0. The van der Waals surface area contributed by atoms with Gasteiger partial charge in [0.1, 0.15) is 5.82 Å². The zero-order chi connectivity index (χ0) is 9.47. The third kappa shape index (κ3) is 1.72. The van der Waals surface area contributed by atoms with Gasteiger partial charge < -0.3 is 4.90 Å². The van der Waals surface area contributed by atoms with Gasteiger partial charge in [-0.2, -0.15) is 0 Å². The van der Waals surface area contributed by atoms with Gasteiger partial charge >= 0.3 is 0 Å². The average molecular weight is 205 g/mol. The molecule has 0 saturated carbocycles. The predicted molar refractivity (Wildman–Crippen MR) is 46.4 cm³/mol. The summed E-state index contributed by atoms with van der Waals surface area (Å²) in [6.07, 6.45) is 1.45. The molecule has 0 aliphatic carbocycles. The van der Waals surface area contributed by atoms with Crippen LogP contribution in [-0.2, 0) is 0 Å². The smallest absolute Gasteiger partial charge is 0.282 e. The van der Waals surface area contributed by atoms with Gasteiger partial charge in [0.25, 0.3) is 5.92 Å². The van der Waals surface area contributed by atoms with Crippen molar-refractivity contribution in [3.63, 3.8) is 0 Å². The van der Waals surface area contributed by atoms with Crippen LogP contribution in [0.2, 0.25) is 5.02 Å². The van der Waals surface area contributed by atoms with Gasteiger partial charge in [0.2, 0.25) is 0 Å². The van der Waals surface area contributed by atoms with Crippen molar-refractivity contribution in [2.24, 2.45) is 0 Å². The van der Waals surface area contributed by atoms with Crippen LogP contribution in [0, 0.1) is 0 Å². The summed E-state index contributed by atoms with van der Waals surface area (Å²) in [4.78, 5) is 5.44. The molecular formula is C8H7ClF2N2. The molecule has 1 aliphatic heterocycles. The van der Waals surface area contributed by atoms with Crippen LogP contribution in [0.3, 0.4) is 0 Å². The molecule has 0 amide bonds. The molecule has 70 valence electrons. The lowest BCUT2D eigenvalue weighted by molar-refractivity contribution is -0.0266. The van der Waals surface area contributed by atoms with E-state index in [1.165, 1.54) is 11.1 Å². The Kier molecular flexibility index (Phi) is 1.87. The molecule has 1 saturated heterocycles. The second kappa shape index (κ2) is 2.80. The number of halogens is 3. The first kappa shape index (κ1) is 8.69. The molecule has 0 atom stereocenters. The molecule has 0 bridgehead atoms. The molecule has 0 aromatic carbocycles. The molecule has 1 aromatic rings. The highest BCUT2D eigenvalue weighted by atomic mass is 35.5. The fourth-order valence-electron chi connectivity index (χ4n) is 1.23. The molecule has 13 heavy (non-hydrogen) atoms. The Morgan fingerprint density at radius 3 is 2.54 bits per heavy atom. The van der Waals surface area contributed by atoms with Crippen LogP contribution in [0.15, 0.2) is 18.3 Å². The fourth-order valence-corrected chi connectivity index (χ4v) is 1.34. The topological polar surface area (TPSA) is 16.1 Å². The van der Waals surface area contributed by atoms with Crippen molar-refractivity contribution in [2.45, 2.75) is 5.92 Å². The van der Waals surface area contributed by atoms with Gasteiger partial charge in [0.05, 0.1) is 18.1 Å². The molecule has 2 heterocycles.